The molecule has 0 N–H and O–H groups in total. The number of hydrogen-bond acceptors (Lipinski definition) is 3. The van der Waals surface area contributed by atoms with Crippen LogP contribution in [0.2, 0.25) is 0 Å². The van der Waals surface area contributed by atoms with Crippen LogP contribution < -0.4 is 0 Å². The Morgan fingerprint density at radius 2 is 1.94 bits per heavy atom. The van der Waals surface area contributed by atoms with Crippen LogP contribution in [-0.2, 0) is 20.9 Å². The van der Waals surface area contributed by atoms with E-state index < -0.39 is 0 Å². The smallest absolute Gasteiger partial charge is 0.330 e. The largest absolute Gasteiger partial charge is 0.463 e. The Kier molecular flexibility index (Phi) is 6.81. The molecule has 0 radical (unpaired) electrons. The van der Waals surface area contributed by atoms with Crippen molar-refractivity contribution in [3.8, 4) is 0 Å². The minimum atomic E-state index is -0.294. The van der Waals surface area contributed by atoms with E-state index in [1.165, 1.54) is 6.08 Å². The third-order valence-corrected chi connectivity index (χ3v) is 2.46. The minimum Gasteiger partial charge on any atom is -0.463 e. The van der Waals surface area contributed by atoms with Crippen molar-refractivity contribution >= 4 is 5.97 Å². The molecular weight excluding hydrogens is 228 g/mol. The maximum absolute atomic E-state index is 11.3. The zero-order valence-electron chi connectivity index (χ0n) is 11.0. The summed E-state index contributed by atoms with van der Waals surface area (Å²) in [5.74, 6) is -0.294. The molecular formula is C15H20O3. The predicted octanol–water partition coefficient (Wildman–Crippen LogP) is 3.10. The van der Waals surface area contributed by atoms with Crippen molar-refractivity contribution in [2.45, 2.75) is 26.9 Å². The van der Waals surface area contributed by atoms with Gasteiger partial charge in [0, 0.05) is 6.08 Å². The Morgan fingerprint density at radius 1 is 1.22 bits per heavy atom. The fourth-order valence-corrected chi connectivity index (χ4v) is 1.47. The quantitative estimate of drug-likeness (QED) is 0.549. The van der Waals surface area contributed by atoms with Gasteiger partial charge in [-0.2, -0.15) is 0 Å². The molecule has 3 nitrogen and oxygen atoms in total. The molecule has 0 aliphatic rings. The van der Waals surface area contributed by atoms with Gasteiger partial charge in [-0.15, -0.1) is 0 Å². The number of carbonyl (C=O) groups excluding carboxylic acids is 1. The lowest BCUT2D eigenvalue weighted by Crippen LogP contribution is -2.04. The lowest BCUT2D eigenvalue weighted by Gasteiger charge is -2.07. The Hall–Kier alpha value is -1.61. The summed E-state index contributed by atoms with van der Waals surface area (Å²) < 4.78 is 10.4. The summed E-state index contributed by atoms with van der Waals surface area (Å²) in [6.07, 6.45) is 2.31. The van der Waals surface area contributed by atoms with E-state index in [1.54, 1.807) is 6.92 Å². The van der Waals surface area contributed by atoms with Crippen molar-refractivity contribution in [3.05, 3.63) is 47.5 Å². The van der Waals surface area contributed by atoms with Crippen LogP contribution in [0.4, 0.5) is 0 Å². The molecule has 0 aromatic heterocycles. The summed E-state index contributed by atoms with van der Waals surface area (Å²) in [5.41, 5.74) is 2.08. The maximum Gasteiger partial charge on any atom is 0.330 e. The van der Waals surface area contributed by atoms with Gasteiger partial charge in [-0.05, 0) is 24.5 Å². The van der Waals surface area contributed by atoms with Gasteiger partial charge in [0.15, 0.2) is 0 Å². The lowest BCUT2D eigenvalue weighted by molar-refractivity contribution is -0.137. The fourth-order valence-electron chi connectivity index (χ4n) is 1.47. The molecule has 0 unspecified atom stereocenters. The molecule has 0 atom stereocenters. The van der Waals surface area contributed by atoms with Crippen molar-refractivity contribution in [1.82, 2.24) is 0 Å². The summed E-state index contributed by atoms with van der Waals surface area (Å²) in [7, 11) is 0. The van der Waals surface area contributed by atoms with E-state index >= 15 is 0 Å². The van der Waals surface area contributed by atoms with Gasteiger partial charge in [0.05, 0.1) is 19.8 Å². The highest BCUT2D eigenvalue weighted by atomic mass is 16.5. The summed E-state index contributed by atoms with van der Waals surface area (Å²) in [6, 6.07) is 9.96. The van der Waals surface area contributed by atoms with Gasteiger partial charge in [-0.1, -0.05) is 37.3 Å². The first kappa shape index (κ1) is 14.5. The van der Waals surface area contributed by atoms with Crippen molar-refractivity contribution in [2.75, 3.05) is 13.2 Å². The molecule has 18 heavy (non-hydrogen) atoms. The zero-order chi connectivity index (χ0) is 13.2. The van der Waals surface area contributed by atoms with E-state index in [1.807, 2.05) is 37.3 Å². The second kappa shape index (κ2) is 8.48. The van der Waals surface area contributed by atoms with Gasteiger partial charge in [-0.3, -0.25) is 0 Å². The van der Waals surface area contributed by atoms with Crippen molar-refractivity contribution in [3.63, 3.8) is 0 Å². The highest BCUT2D eigenvalue weighted by Crippen LogP contribution is 2.06. The summed E-state index contributed by atoms with van der Waals surface area (Å²) >= 11 is 0. The van der Waals surface area contributed by atoms with E-state index in [0.717, 1.165) is 17.6 Å². The van der Waals surface area contributed by atoms with E-state index in [0.29, 0.717) is 19.8 Å². The van der Waals surface area contributed by atoms with Gasteiger partial charge < -0.3 is 9.47 Å². The molecule has 1 aromatic carbocycles. The van der Waals surface area contributed by atoms with Gasteiger partial charge in [0.25, 0.3) is 0 Å². The number of hydrogen-bond donors (Lipinski definition) is 0. The summed E-state index contributed by atoms with van der Waals surface area (Å²) in [4.78, 5) is 11.3. The number of ether oxygens (including phenoxy) is 2. The fraction of sp³-hybridized carbons (Fsp3) is 0.400. The SMILES string of the molecule is CCOC(=O)C=C(CC)COCc1ccccc1. The molecule has 1 aromatic rings. The van der Waals surface area contributed by atoms with Crippen molar-refractivity contribution in [2.24, 2.45) is 0 Å². The minimum absolute atomic E-state index is 0.294. The van der Waals surface area contributed by atoms with E-state index in [-0.39, 0.29) is 5.97 Å². The number of esters is 1. The molecule has 3 heteroatoms. The highest BCUT2D eigenvalue weighted by molar-refractivity contribution is 5.82. The standard InChI is InChI=1S/C15H20O3/c1-3-13(10-15(16)18-4-2)11-17-12-14-8-6-5-7-9-14/h5-10H,3-4,11-12H2,1-2H3. The van der Waals surface area contributed by atoms with Crippen LogP contribution >= 0.6 is 0 Å². The van der Waals surface area contributed by atoms with Gasteiger partial charge >= 0.3 is 5.97 Å². The maximum atomic E-state index is 11.3. The first-order valence-corrected chi connectivity index (χ1v) is 6.24. The van der Waals surface area contributed by atoms with Crippen LogP contribution in [0.3, 0.4) is 0 Å². The molecule has 0 fully saturated rings. The lowest BCUT2D eigenvalue weighted by atomic mass is 10.2. The molecule has 98 valence electrons. The molecule has 0 bridgehead atoms. The Balaban J connectivity index is 2.38. The normalized spacial score (nSPS) is 11.3. The van der Waals surface area contributed by atoms with E-state index in [2.05, 4.69) is 0 Å². The van der Waals surface area contributed by atoms with E-state index in [9.17, 15) is 4.79 Å². The molecule has 0 amide bonds. The van der Waals surface area contributed by atoms with Crippen molar-refractivity contribution in [1.29, 1.82) is 0 Å². The van der Waals surface area contributed by atoms with Crippen LogP contribution in [0.5, 0.6) is 0 Å². The number of carbonyl (C=O) groups is 1. The molecule has 0 aliphatic carbocycles. The second-order valence-electron chi connectivity index (χ2n) is 3.89. The first-order valence-electron chi connectivity index (χ1n) is 6.24. The highest BCUT2D eigenvalue weighted by Gasteiger charge is 2.01. The average Bonchev–Trinajstić information content (AvgIpc) is 2.39. The topological polar surface area (TPSA) is 35.5 Å². The Labute approximate surface area is 108 Å². The van der Waals surface area contributed by atoms with Gasteiger partial charge in [0.2, 0.25) is 0 Å². The third-order valence-electron chi connectivity index (χ3n) is 2.46. The summed E-state index contributed by atoms with van der Waals surface area (Å²) in [5, 5.41) is 0. The second-order valence-corrected chi connectivity index (χ2v) is 3.89. The van der Waals surface area contributed by atoms with E-state index in [4.69, 9.17) is 9.47 Å². The molecule has 0 aliphatic heterocycles. The van der Waals surface area contributed by atoms with Gasteiger partial charge in [0.1, 0.15) is 0 Å². The Bertz CT molecular complexity index is 382. The summed E-state index contributed by atoms with van der Waals surface area (Å²) in [6.45, 7) is 5.21. The molecule has 0 spiro atoms. The predicted molar refractivity (Wildman–Crippen MR) is 71.1 cm³/mol. The van der Waals surface area contributed by atoms with Crippen LogP contribution in [0.15, 0.2) is 42.0 Å². The van der Waals surface area contributed by atoms with Crippen LogP contribution in [-0.4, -0.2) is 19.2 Å². The monoisotopic (exact) mass is 248 g/mol. The molecule has 0 saturated carbocycles. The zero-order valence-corrected chi connectivity index (χ0v) is 11.0. The van der Waals surface area contributed by atoms with Gasteiger partial charge in [-0.25, -0.2) is 4.79 Å². The van der Waals surface area contributed by atoms with Crippen LogP contribution in [0.25, 0.3) is 0 Å². The number of benzene rings is 1. The molecule has 1 rings (SSSR count). The third kappa shape index (κ3) is 5.64. The molecule has 0 heterocycles. The number of rotatable bonds is 7. The molecule has 0 saturated heterocycles. The van der Waals surface area contributed by atoms with Crippen LogP contribution in [0.1, 0.15) is 25.8 Å². The van der Waals surface area contributed by atoms with Crippen molar-refractivity contribution < 1.29 is 14.3 Å². The average molecular weight is 248 g/mol. The Morgan fingerprint density at radius 3 is 2.56 bits per heavy atom. The first-order chi connectivity index (χ1) is 8.76. The van der Waals surface area contributed by atoms with Crippen LogP contribution in [0, 0.1) is 0 Å².